The molecule has 1 atom stereocenters. The molecule has 1 aliphatic heterocycles. The van der Waals surface area contributed by atoms with E-state index in [1.54, 1.807) is 6.20 Å². The van der Waals surface area contributed by atoms with Crippen LogP contribution in [0.25, 0.3) is 22.4 Å². The molecule has 0 unspecified atom stereocenters. The topological polar surface area (TPSA) is 71.3 Å². The first-order chi connectivity index (χ1) is 13.3. The predicted molar refractivity (Wildman–Crippen MR) is 112 cm³/mol. The maximum Gasteiger partial charge on any atom is 0.211 e. The summed E-state index contributed by atoms with van der Waals surface area (Å²) in [6.45, 7) is 3.50. The number of hydrogen-bond donors (Lipinski definition) is 0. The molecule has 4 rings (SSSR count). The highest BCUT2D eigenvalue weighted by Crippen LogP contribution is 2.32. The van der Waals surface area contributed by atoms with Crippen LogP contribution in [0.2, 0.25) is 5.02 Å². The van der Waals surface area contributed by atoms with Gasteiger partial charge in [0.05, 0.1) is 22.3 Å². The van der Waals surface area contributed by atoms with Gasteiger partial charge in [-0.1, -0.05) is 23.7 Å². The minimum absolute atomic E-state index is 0.125. The zero-order chi connectivity index (χ0) is 20.1. The van der Waals surface area contributed by atoms with Crippen LogP contribution in [0.15, 0.2) is 36.5 Å². The van der Waals surface area contributed by atoms with Crippen LogP contribution >= 0.6 is 11.6 Å². The van der Waals surface area contributed by atoms with Crippen molar-refractivity contribution in [3.05, 3.63) is 41.6 Å². The number of aromatic nitrogens is 3. The lowest BCUT2D eigenvalue weighted by molar-refractivity contribution is 0.308. The summed E-state index contributed by atoms with van der Waals surface area (Å²) < 4.78 is 27.4. The van der Waals surface area contributed by atoms with E-state index in [1.165, 1.54) is 10.6 Å². The summed E-state index contributed by atoms with van der Waals surface area (Å²) in [6, 6.07) is 9.75. The molecule has 7 nitrogen and oxygen atoms in total. The van der Waals surface area contributed by atoms with E-state index in [0.717, 1.165) is 28.2 Å². The minimum Gasteiger partial charge on any atom is -0.354 e. The van der Waals surface area contributed by atoms with Gasteiger partial charge >= 0.3 is 0 Å². The number of sulfonamides is 1. The van der Waals surface area contributed by atoms with Gasteiger partial charge in [0.1, 0.15) is 11.6 Å². The summed E-state index contributed by atoms with van der Waals surface area (Å²) in [4.78, 5) is 11.3. The molecule has 1 fully saturated rings. The zero-order valence-electron chi connectivity index (χ0n) is 16.0. The van der Waals surface area contributed by atoms with Gasteiger partial charge in [-0.3, -0.25) is 0 Å². The third kappa shape index (κ3) is 3.36. The summed E-state index contributed by atoms with van der Waals surface area (Å²) in [5, 5.41) is 0.532. The molecule has 28 heavy (non-hydrogen) atoms. The van der Waals surface area contributed by atoms with Crippen LogP contribution in [-0.4, -0.2) is 59.2 Å². The number of imidazole rings is 1. The van der Waals surface area contributed by atoms with Crippen LogP contribution in [-0.2, 0) is 17.1 Å². The summed E-state index contributed by atoms with van der Waals surface area (Å²) in [7, 11) is -1.24. The molecule has 1 saturated heterocycles. The van der Waals surface area contributed by atoms with Crippen LogP contribution in [0.1, 0.15) is 6.92 Å². The highest BCUT2D eigenvalue weighted by Gasteiger charge is 2.30. The highest BCUT2D eigenvalue weighted by atomic mass is 35.5. The molecule has 3 heterocycles. The molecular weight excluding hydrogens is 398 g/mol. The molecular formula is C19H22ClN5O2S. The van der Waals surface area contributed by atoms with E-state index in [9.17, 15) is 8.42 Å². The van der Waals surface area contributed by atoms with E-state index in [2.05, 4.69) is 9.88 Å². The summed E-state index contributed by atoms with van der Waals surface area (Å²) in [5.74, 6) is 1.55. The molecule has 3 aromatic rings. The molecule has 0 spiro atoms. The van der Waals surface area contributed by atoms with Crippen molar-refractivity contribution in [2.24, 2.45) is 7.05 Å². The summed E-state index contributed by atoms with van der Waals surface area (Å²) in [6.07, 6.45) is 2.89. The normalized spacial score (nSPS) is 18.7. The molecule has 1 aliphatic rings. The lowest BCUT2D eigenvalue weighted by Gasteiger charge is -2.39. The monoisotopic (exact) mass is 419 g/mol. The van der Waals surface area contributed by atoms with Gasteiger partial charge in [-0.15, -0.1) is 0 Å². The third-order valence-electron chi connectivity index (χ3n) is 5.19. The summed E-state index contributed by atoms with van der Waals surface area (Å²) >= 11 is 6.46. The molecule has 0 saturated carbocycles. The van der Waals surface area contributed by atoms with Crippen molar-refractivity contribution in [3.8, 4) is 11.4 Å². The Bertz CT molecular complexity index is 1140. The Morgan fingerprint density at radius 2 is 1.96 bits per heavy atom. The van der Waals surface area contributed by atoms with Crippen molar-refractivity contribution >= 4 is 38.5 Å². The molecule has 148 valence electrons. The highest BCUT2D eigenvalue weighted by molar-refractivity contribution is 7.88. The van der Waals surface area contributed by atoms with Crippen molar-refractivity contribution in [3.63, 3.8) is 0 Å². The number of fused-ring (bicyclic) bond motifs is 1. The number of para-hydroxylation sites is 2. The number of aryl methyl sites for hydroxylation is 1. The fraction of sp³-hybridized carbons (Fsp3) is 0.368. The number of pyridine rings is 1. The summed E-state index contributed by atoms with van der Waals surface area (Å²) in [5.41, 5.74) is 2.75. The maximum atomic E-state index is 11.9. The number of nitrogens with zero attached hydrogens (tertiary/aromatic N) is 5. The molecule has 0 amide bonds. The van der Waals surface area contributed by atoms with Crippen molar-refractivity contribution in [2.45, 2.75) is 13.0 Å². The van der Waals surface area contributed by atoms with E-state index < -0.39 is 10.0 Å². The average Bonchev–Trinajstić information content (AvgIpc) is 2.98. The first-order valence-corrected chi connectivity index (χ1v) is 11.3. The van der Waals surface area contributed by atoms with Gasteiger partial charge in [0.2, 0.25) is 10.0 Å². The largest absolute Gasteiger partial charge is 0.354 e. The zero-order valence-corrected chi connectivity index (χ0v) is 17.6. The van der Waals surface area contributed by atoms with Crippen LogP contribution in [0.3, 0.4) is 0 Å². The predicted octanol–water partition coefficient (Wildman–Crippen LogP) is 2.76. The van der Waals surface area contributed by atoms with E-state index in [4.69, 9.17) is 16.6 Å². The molecule has 0 bridgehead atoms. The van der Waals surface area contributed by atoms with Crippen LogP contribution in [0, 0.1) is 0 Å². The SMILES string of the molecule is C[C@@H]1CN(c2cc(-c3nc4ccccc4n3C)c(Cl)cn2)CCN1S(C)(=O)=O. The first-order valence-electron chi connectivity index (χ1n) is 9.05. The van der Waals surface area contributed by atoms with Gasteiger partial charge in [-0.25, -0.2) is 18.4 Å². The van der Waals surface area contributed by atoms with Gasteiger partial charge in [0.25, 0.3) is 0 Å². The van der Waals surface area contributed by atoms with Crippen LogP contribution in [0.4, 0.5) is 5.82 Å². The quantitative estimate of drug-likeness (QED) is 0.652. The lowest BCUT2D eigenvalue weighted by atomic mass is 10.2. The van der Waals surface area contributed by atoms with E-state index in [-0.39, 0.29) is 6.04 Å². The molecule has 0 N–H and O–H groups in total. The first kappa shape index (κ1) is 19.2. The Labute approximate surface area is 169 Å². The molecule has 0 aliphatic carbocycles. The second kappa shape index (κ2) is 7.02. The number of hydrogen-bond acceptors (Lipinski definition) is 5. The molecule has 9 heteroatoms. The molecule has 1 aromatic carbocycles. The number of rotatable bonds is 3. The number of benzene rings is 1. The van der Waals surface area contributed by atoms with Gasteiger partial charge in [-0.2, -0.15) is 4.31 Å². The van der Waals surface area contributed by atoms with Gasteiger partial charge in [0, 0.05) is 44.5 Å². The Hall–Kier alpha value is -2.16. The fourth-order valence-corrected chi connectivity index (χ4v) is 5.12. The Kier molecular flexibility index (Phi) is 4.81. The maximum absolute atomic E-state index is 11.9. The van der Waals surface area contributed by atoms with E-state index in [1.807, 2.05) is 48.9 Å². The van der Waals surface area contributed by atoms with Crippen molar-refractivity contribution in [1.82, 2.24) is 18.8 Å². The molecule has 2 aromatic heterocycles. The number of halogens is 1. The Balaban J connectivity index is 1.69. The second-order valence-corrected chi connectivity index (χ2v) is 9.52. The van der Waals surface area contributed by atoms with Crippen LogP contribution < -0.4 is 4.90 Å². The Morgan fingerprint density at radius 1 is 1.21 bits per heavy atom. The third-order valence-corrected chi connectivity index (χ3v) is 6.88. The standard InChI is InChI=1S/C19H22ClN5O2S/c1-13-12-24(8-9-25(13)28(3,26)27)18-10-14(15(20)11-21-18)19-22-16-6-4-5-7-17(16)23(19)2/h4-7,10-11,13H,8-9,12H2,1-3H3/t13-/m1/s1. The smallest absolute Gasteiger partial charge is 0.211 e. The van der Waals surface area contributed by atoms with E-state index in [0.29, 0.717) is 24.7 Å². The second-order valence-electron chi connectivity index (χ2n) is 7.17. The lowest BCUT2D eigenvalue weighted by Crippen LogP contribution is -2.53. The van der Waals surface area contributed by atoms with Crippen molar-refractivity contribution in [1.29, 1.82) is 0 Å². The van der Waals surface area contributed by atoms with Crippen molar-refractivity contribution in [2.75, 3.05) is 30.8 Å². The van der Waals surface area contributed by atoms with Crippen molar-refractivity contribution < 1.29 is 8.42 Å². The van der Waals surface area contributed by atoms with Gasteiger partial charge in [0.15, 0.2) is 0 Å². The fourth-order valence-electron chi connectivity index (χ4n) is 3.80. The Morgan fingerprint density at radius 3 is 2.64 bits per heavy atom. The average molecular weight is 420 g/mol. The minimum atomic E-state index is -3.21. The van der Waals surface area contributed by atoms with E-state index >= 15 is 0 Å². The van der Waals surface area contributed by atoms with Crippen LogP contribution in [0.5, 0.6) is 0 Å². The molecule has 0 radical (unpaired) electrons. The van der Waals surface area contributed by atoms with Gasteiger partial charge < -0.3 is 9.47 Å². The number of anilines is 1. The number of piperazine rings is 1. The van der Waals surface area contributed by atoms with Gasteiger partial charge in [-0.05, 0) is 25.1 Å².